The molecule has 2 fully saturated rings. The average Bonchev–Trinajstić information content (AvgIpc) is 3.22. The van der Waals surface area contributed by atoms with Gasteiger partial charge in [0.05, 0.1) is 24.4 Å². The van der Waals surface area contributed by atoms with Crippen LogP contribution in [0.15, 0.2) is 23.0 Å². The fraction of sp³-hybridized carbons (Fsp3) is 0.611. The van der Waals surface area contributed by atoms with E-state index in [2.05, 4.69) is 0 Å². The standard InChI is InChI=1S/C18H25N3O5/c1-2-26-18(24)20-9-7-19(8-10-20)16(22)14-4-3-6-21(12-14)17(23)15-5-11-25-13-15/h5,11,13-14H,2-4,6-10,12H2,1H3/t14-/m0/s1. The monoisotopic (exact) mass is 363 g/mol. The fourth-order valence-electron chi connectivity index (χ4n) is 3.51. The Morgan fingerprint density at radius 2 is 1.85 bits per heavy atom. The Bertz CT molecular complexity index is 637. The molecule has 1 aromatic rings. The van der Waals surface area contributed by atoms with E-state index in [4.69, 9.17) is 9.15 Å². The highest BCUT2D eigenvalue weighted by Gasteiger charge is 2.33. The van der Waals surface area contributed by atoms with Crippen LogP contribution in [0, 0.1) is 5.92 Å². The van der Waals surface area contributed by atoms with Crippen molar-refractivity contribution < 1.29 is 23.5 Å². The first-order chi connectivity index (χ1) is 12.6. The molecule has 3 heterocycles. The van der Waals surface area contributed by atoms with Crippen LogP contribution in [-0.2, 0) is 9.53 Å². The molecule has 0 bridgehead atoms. The van der Waals surface area contributed by atoms with E-state index in [1.54, 1.807) is 27.7 Å². The number of amides is 3. The van der Waals surface area contributed by atoms with Crippen LogP contribution >= 0.6 is 0 Å². The average molecular weight is 363 g/mol. The number of likely N-dealkylation sites (tertiary alicyclic amines) is 1. The van der Waals surface area contributed by atoms with Gasteiger partial charge in [-0.15, -0.1) is 0 Å². The third-order valence-electron chi connectivity index (χ3n) is 4.94. The summed E-state index contributed by atoms with van der Waals surface area (Å²) < 4.78 is 9.98. The number of piperidine rings is 1. The van der Waals surface area contributed by atoms with Gasteiger partial charge >= 0.3 is 6.09 Å². The molecule has 2 saturated heterocycles. The maximum Gasteiger partial charge on any atom is 0.409 e. The van der Waals surface area contributed by atoms with Crippen molar-refractivity contribution in [3.63, 3.8) is 0 Å². The first kappa shape index (κ1) is 18.3. The third-order valence-corrected chi connectivity index (χ3v) is 4.94. The van der Waals surface area contributed by atoms with E-state index < -0.39 is 0 Å². The number of carbonyl (C=O) groups excluding carboxylic acids is 3. The first-order valence-corrected chi connectivity index (χ1v) is 9.12. The minimum absolute atomic E-state index is 0.0678. The second kappa shape index (κ2) is 8.25. The van der Waals surface area contributed by atoms with Crippen molar-refractivity contribution in [3.05, 3.63) is 24.2 Å². The highest BCUT2D eigenvalue weighted by atomic mass is 16.6. The molecule has 0 aliphatic carbocycles. The van der Waals surface area contributed by atoms with Gasteiger partial charge in [0.25, 0.3) is 5.91 Å². The number of furan rings is 1. The molecule has 0 saturated carbocycles. The van der Waals surface area contributed by atoms with E-state index in [0.717, 1.165) is 12.8 Å². The van der Waals surface area contributed by atoms with Crippen molar-refractivity contribution in [2.75, 3.05) is 45.9 Å². The summed E-state index contributed by atoms with van der Waals surface area (Å²) in [4.78, 5) is 42.2. The second-order valence-electron chi connectivity index (χ2n) is 6.61. The van der Waals surface area contributed by atoms with Crippen LogP contribution in [0.2, 0.25) is 0 Å². The molecule has 0 unspecified atom stereocenters. The van der Waals surface area contributed by atoms with Crippen molar-refractivity contribution >= 4 is 17.9 Å². The quantitative estimate of drug-likeness (QED) is 0.811. The highest BCUT2D eigenvalue weighted by molar-refractivity contribution is 5.94. The topological polar surface area (TPSA) is 83.3 Å². The zero-order valence-electron chi connectivity index (χ0n) is 15.1. The molecule has 2 aliphatic heterocycles. The largest absolute Gasteiger partial charge is 0.472 e. The molecular formula is C18H25N3O5. The van der Waals surface area contributed by atoms with Gasteiger partial charge in [-0.2, -0.15) is 0 Å². The summed E-state index contributed by atoms with van der Waals surface area (Å²) in [7, 11) is 0. The predicted molar refractivity (Wildman–Crippen MR) is 92.5 cm³/mol. The number of piperazine rings is 1. The van der Waals surface area contributed by atoms with Gasteiger partial charge in [-0.05, 0) is 25.8 Å². The van der Waals surface area contributed by atoms with Gasteiger partial charge in [0.2, 0.25) is 5.91 Å². The summed E-state index contributed by atoms with van der Waals surface area (Å²) in [5, 5.41) is 0. The van der Waals surface area contributed by atoms with Crippen molar-refractivity contribution in [1.29, 1.82) is 0 Å². The van der Waals surface area contributed by atoms with Gasteiger partial charge in [-0.3, -0.25) is 9.59 Å². The van der Waals surface area contributed by atoms with E-state index in [9.17, 15) is 14.4 Å². The van der Waals surface area contributed by atoms with Gasteiger partial charge in [0.15, 0.2) is 0 Å². The van der Waals surface area contributed by atoms with Gasteiger partial charge < -0.3 is 23.9 Å². The number of hydrogen-bond donors (Lipinski definition) is 0. The van der Waals surface area contributed by atoms with Gasteiger partial charge in [-0.25, -0.2) is 4.79 Å². The second-order valence-corrected chi connectivity index (χ2v) is 6.61. The van der Waals surface area contributed by atoms with Crippen molar-refractivity contribution in [1.82, 2.24) is 14.7 Å². The van der Waals surface area contributed by atoms with Crippen LogP contribution in [0.4, 0.5) is 4.79 Å². The number of hydrogen-bond acceptors (Lipinski definition) is 5. The highest BCUT2D eigenvalue weighted by Crippen LogP contribution is 2.21. The van der Waals surface area contributed by atoms with E-state index >= 15 is 0 Å². The van der Waals surface area contributed by atoms with E-state index in [1.165, 1.54) is 12.5 Å². The Hall–Kier alpha value is -2.51. The summed E-state index contributed by atoms with van der Waals surface area (Å²) >= 11 is 0. The number of nitrogens with zero attached hydrogens (tertiary/aromatic N) is 3. The summed E-state index contributed by atoms with van der Waals surface area (Å²) in [6.45, 7) is 5.18. The molecule has 3 amide bonds. The van der Waals surface area contributed by atoms with Crippen LogP contribution in [0.1, 0.15) is 30.1 Å². The number of rotatable bonds is 3. The van der Waals surface area contributed by atoms with Gasteiger partial charge in [0.1, 0.15) is 6.26 Å². The lowest BCUT2D eigenvalue weighted by molar-refractivity contribution is -0.138. The molecule has 8 nitrogen and oxygen atoms in total. The lowest BCUT2D eigenvalue weighted by Crippen LogP contribution is -2.54. The van der Waals surface area contributed by atoms with E-state index in [0.29, 0.717) is 51.4 Å². The van der Waals surface area contributed by atoms with Crippen LogP contribution in [0.25, 0.3) is 0 Å². The maximum atomic E-state index is 12.8. The molecule has 8 heteroatoms. The Kier molecular flexibility index (Phi) is 5.80. The van der Waals surface area contributed by atoms with Crippen molar-refractivity contribution in [2.24, 2.45) is 5.92 Å². The van der Waals surface area contributed by atoms with E-state index in [1.807, 2.05) is 0 Å². The van der Waals surface area contributed by atoms with Gasteiger partial charge in [0, 0.05) is 39.3 Å². The predicted octanol–water partition coefficient (Wildman–Crippen LogP) is 1.43. The lowest BCUT2D eigenvalue weighted by atomic mass is 9.95. The van der Waals surface area contributed by atoms with Crippen LogP contribution < -0.4 is 0 Å². The Labute approximate surface area is 152 Å². The molecule has 0 spiro atoms. The molecule has 142 valence electrons. The SMILES string of the molecule is CCOC(=O)N1CCN(C(=O)[C@H]2CCCN(C(=O)c3ccoc3)C2)CC1. The molecule has 3 rings (SSSR count). The Balaban J connectivity index is 1.53. The van der Waals surface area contributed by atoms with Crippen LogP contribution in [-0.4, -0.2) is 78.5 Å². The molecular weight excluding hydrogens is 338 g/mol. The van der Waals surface area contributed by atoms with E-state index in [-0.39, 0.29) is 23.8 Å². The lowest BCUT2D eigenvalue weighted by Gasteiger charge is -2.38. The first-order valence-electron chi connectivity index (χ1n) is 9.12. The zero-order chi connectivity index (χ0) is 18.5. The normalized spacial score (nSPS) is 20.8. The summed E-state index contributed by atoms with van der Waals surface area (Å²) in [6, 6.07) is 1.64. The molecule has 2 aliphatic rings. The molecule has 0 aromatic carbocycles. The number of carbonyl (C=O) groups is 3. The molecule has 1 aromatic heterocycles. The smallest absolute Gasteiger partial charge is 0.409 e. The van der Waals surface area contributed by atoms with Crippen LogP contribution in [0.3, 0.4) is 0 Å². The fourth-order valence-corrected chi connectivity index (χ4v) is 3.51. The summed E-state index contributed by atoms with van der Waals surface area (Å²) in [6.07, 6.45) is 4.18. The molecule has 1 atom stereocenters. The van der Waals surface area contributed by atoms with Crippen LogP contribution in [0.5, 0.6) is 0 Å². The van der Waals surface area contributed by atoms with Crippen molar-refractivity contribution in [3.8, 4) is 0 Å². The van der Waals surface area contributed by atoms with Crippen molar-refractivity contribution in [2.45, 2.75) is 19.8 Å². The zero-order valence-corrected chi connectivity index (χ0v) is 15.1. The van der Waals surface area contributed by atoms with Gasteiger partial charge in [-0.1, -0.05) is 0 Å². The molecule has 26 heavy (non-hydrogen) atoms. The number of ether oxygens (including phenoxy) is 1. The minimum Gasteiger partial charge on any atom is -0.472 e. The maximum absolute atomic E-state index is 12.8. The minimum atomic E-state index is -0.325. The third kappa shape index (κ3) is 4.00. The Morgan fingerprint density at radius 3 is 2.50 bits per heavy atom. The molecule has 0 N–H and O–H groups in total. The molecule has 0 radical (unpaired) electrons. The Morgan fingerprint density at radius 1 is 1.12 bits per heavy atom. The summed E-state index contributed by atoms with van der Waals surface area (Å²) in [5.41, 5.74) is 0.515. The summed E-state index contributed by atoms with van der Waals surface area (Å²) in [5.74, 6) is -0.213.